The maximum Gasteiger partial charge on any atom is 0.315 e. The molecule has 1 heterocycles. The van der Waals surface area contributed by atoms with Crippen LogP contribution in [0.5, 0.6) is 0 Å². The van der Waals surface area contributed by atoms with Gasteiger partial charge in [0.15, 0.2) is 0 Å². The molecule has 16 heavy (non-hydrogen) atoms. The fourth-order valence-corrected chi connectivity index (χ4v) is 1.05. The Bertz CT molecular complexity index is 398. The van der Waals surface area contributed by atoms with Crippen molar-refractivity contribution in [2.24, 2.45) is 5.92 Å². The van der Waals surface area contributed by atoms with E-state index in [2.05, 4.69) is 10.4 Å². The Morgan fingerprint density at radius 2 is 2.06 bits per heavy atom. The molecule has 1 aromatic heterocycles. The number of hydrogen-bond acceptors (Lipinski definition) is 3. The number of nitrogens with zero attached hydrogens (tertiary/aromatic N) is 2. The zero-order valence-electron chi connectivity index (χ0n) is 9.47. The van der Waals surface area contributed by atoms with Gasteiger partial charge in [-0.3, -0.25) is 14.3 Å². The molecule has 2 N–H and O–H groups in total. The average Bonchev–Trinajstić information content (AvgIpc) is 2.64. The molecule has 1 amide bonds. The smallest absolute Gasteiger partial charge is 0.315 e. The number of carbonyl (C=O) groups excluding carboxylic acids is 1. The van der Waals surface area contributed by atoms with Crippen molar-refractivity contribution in [2.45, 2.75) is 26.8 Å². The van der Waals surface area contributed by atoms with Gasteiger partial charge >= 0.3 is 5.97 Å². The fourth-order valence-electron chi connectivity index (χ4n) is 1.05. The molecule has 6 nitrogen and oxygen atoms in total. The Morgan fingerprint density at radius 3 is 2.50 bits per heavy atom. The van der Waals surface area contributed by atoms with E-state index in [1.54, 1.807) is 10.9 Å². The van der Waals surface area contributed by atoms with Gasteiger partial charge in [-0.05, 0) is 20.8 Å². The lowest BCUT2D eigenvalue weighted by atomic mass is 10.2. The van der Waals surface area contributed by atoms with Crippen LogP contribution in [-0.2, 0) is 9.59 Å². The second-order valence-electron chi connectivity index (χ2n) is 3.85. The van der Waals surface area contributed by atoms with Gasteiger partial charge in [0.2, 0.25) is 5.91 Å². The lowest BCUT2D eigenvalue weighted by Crippen LogP contribution is -2.26. The minimum atomic E-state index is -1.14. The summed E-state index contributed by atoms with van der Waals surface area (Å²) in [6.07, 6.45) is 3.16. The van der Waals surface area contributed by atoms with Gasteiger partial charge < -0.3 is 10.4 Å². The van der Waals surface area contributed by atoms with Crippen molar-refractivity contribution >= 4 is 17.6 Å². The molecule has 0 spiro atoms. The van der Waals surface area contributed by atoms with Crippen molar-refractivity contribution in [3.63, 3.8) is 0 Å². The second-order valence-corrected chi connectivity index (χ2v) is 3.85. The topological polar surface area (TPSA) is 84.2 Å². The van der Waals surface area contributed by atoms with E-state index >= 15 is 0 Å². The molecule has 0 aliphatic heterocycles. The Labute approximate surface area is 93.3 Å². The molecule has 0 saturated carbocycles. The second kappa shape index (κ2) is 4.78. The standard InChI is InChI=1S/C10H15N3O3/c1-6(2)13-5-8(4-11-13)12-9(14)7(3)10(15)16/h4-7H,1-3H3,(H,12,14)(H,15,16). The van der Waals surface area contributed by atoms with Crippen LogP contribution in [0.1, 0.15) is 26.8 Å². The molecule has 6 heteroatoms. The quantitative estimate of drug-likeness (QED) is 0.752. The van der Waals surface area contributed by atoms with E-state index in [9.17, 15) is 9.59 Å². The molecule has 0 saturated heterocycles. The van der Waals surface area contributed by atoms with Crippen LogP contribution in [0.4, 0.5) is 5.69 Å². The lowest BCUT2D eigenvalue weighted by Gasteiger charge is -2.06. The first kappa shape index (κ1) is 12.2. The average molecular weight is 225 g/mol. The number of nitrogens with one attached hydrogen (secondary N) is 1. The van der Waals surface area contributed by atoms with Crippen molar-refractivity contribution in [3.8, 4) is 0 Å². The van der Waals surface area contributed by atoms with E-state index in [1.165, 1.54) is 13.1 Å². The number of carbonyl (C=O) groups is 2. The summed E-state index contributed by atoms with van der Waals surface area (Å²) in [7, 11) is 0. The van der Waals surface area contributed by atoms with Crippen molar-refractivity contribution in [1.82, 2.24) is 9.78 Å². The van der Waals surface area contributed by atoms with Crippen LogP contribution in [-0.4, -0.2) is 26.8 Å². The predicted molar refractivity (Wildman–Crippen MR) is 58.0 cm³/mol. The van der Waals surface area contributed by atoms with Gasteiger partial charge in [-0.15, -0.1) is 0 Å². The van der Waals surface area contributed by atoms with E-state index in [4.69, 9.17) is 5.11 Å². The van der Waals surface area contributed by atoms with Crippen molar-refractivity contribution in [3.05, 3.63) is 12.4 Å². The van der Waals surface area contributed by atoms with Gasteiger partial charge in [-0.25, -0.2) is 0 Å². The van der Waals surface area contributed by atoms with Gasteiger partial charge in [0.25, 0.3) is 0 Å². The normalized spacial score (nSPS) is 12.5. The third-order valence-corrected chi connectivity index (χ3v) is 2.16. The molecule has 0 radical (unpaired) electrons. The van der Waals surface area contributed by atoms with Crippen LogP contribution in [0, 0.1) is 5.92 Å². The molecular weight excluding hydrogens is 210 g/mol. The van der Waals surface area contributed by atoms with Crippen LogP contribution in [0.25, 0.3) is 0 Å². The highest BCUT2D eigenvalue weighted by atomic mass is 16.4. The summed E-state index contributed by atoms with van der Waals surface area (Å²) in [5, 5.41) is 15.2. The predicted octanol–water partition coefficient (Wildman–Crippen LogP) is 1.12. The van der Waals surface area contributed by atoms with E-state index in [0.29, 0.717) is 5.69 Å². The van der Waals surface area contributed by atoms with Crippen LogP contribution >= 0.6 is 0 Å². The minimum Gasteiger partial charge on any atom is -0.481 e. The van der Waals surface area contributed by atoms with Gasteiger partial charge in [0.1, 0.15) is 5.92 Å². The van der Waals surface area contributed by atoms with E-state index in [1.807, 2.05) is 13.8 Å². The first-order valence-electron chi connectivity index (χ1n) is 4.99. The maximum absolute atomic E-state index is 11.4. The summed E-state index contributed by atoms with van der Waals surface area (Å²) in [5.41, 5.74) is 0.506. The molecule has 1 aromatic rings. The zero-order chi connectivity index (χ0) is 12.3. The van der Waals surface area contributed by atoms with Crippen molar-refractivity contribution in [1.29, 1.82) is 0 Å². The number of aromatic nitrogens is 2. The number of aliphatic carboxylic acids is 1. The summed E-state index contributed by atoms with van der Waals surface area (Å²) < 4.78 is 1.68. The van der Waals surface area contributed by atoms with Gasteiger partial charge in [0, 0.05) is 12.2 Å². The third kappa shape index (κ3) is 2.82. The van der Waals surface area contributed by atoms with Crippen molar-refractivity contribution in [2.75, 3.05) is 5.32 Å². The fraction of sp³-hybridized carbons (Fsp3) is 0.500. The molecule has 0 aliphatic carbocycles. The molecule has 1 unspecified atom stereocenters. The summed E-state index contributed by atoms with van der Waals surface area (Å²) in [6, 6.07) is 0.197. The van der Waals surface area contributed by atoms with Crippen LogP contribution < -0.4 is 5.32 Å². The largest absolute Gasteiger partial charge is 0.481 e. The summed E-state index contributed by atoms with van der Waals surface area (Å²) >= 11 is 0. The van der Waals surface area contributed by atoms with Crippen LogP contribution in [0.2, 0.25) is 0 Å². The first-order chi connectivity index (χ1) is 7.41. The highest BCUT2D eigenvalue weighted by Gasteiger charge is 2.20. The Balaban J connectivity index is 2.66. The number of rotatable bonds is 4. The number of carboxylic acids is 1. The van der Waals surface area contributed by atoms with E-state index in [-0.39, 0.29) is 6.04 Å². The Morgan fingerprint density at radius 1 is 1.44 bits per heavy atom. The van der Waals surface area contributed by atoms with Crippen LogP contribution in [0.3, 0.4) is 0 Å². The van der Waals surface area contributed by atoms with E-state index in [0.717, 1.165) is 0 Å². The Kier molecular flexibility index (Phi) is 3.65. The zero-order valence-corrected chi connectivity index (χ0v) is 9.47. The lowest BCUT2D eigenvalue weighted by molar-refractivity contribution is -0.144. The SMILES string of the molecule is CC(C(=O)O)C(=O)Nc1cnn(C(C)C)c1. The third-order valence-electron chi connectivity index (χ3n) is 2.16. The molecule has 0 aromatic carbocycles. The Hall–Kier alpha value is -1.85. The highest BCUT2D eigenvalue weighted by molar-refractivity contribution is 6.03. The number of hydrogen-bond donors (Lipinski definition) is 2. The molecule has 88 valence electrons. The minimum absolute atomic E-state index is 0.197. The molecule has 0 bridgehead atoms. The summed E-state index contributed by atoms with van der Waals surface area (Å²) in [5.74, 6) is -2.76. The number of anilines is 1. The molecule has 1 atom stereocenters. The number of carboxylic acid groups (broad SMARTS) is 1. The monoisotopic (exact) mass is 225 g/mol. The van der Waals surface area contributed by atoms with Gasteiger partial charge in [0.05, 0.1) is 11.9 Å². The maximum atomic E-state index is 11.4. The van der Waals surface area contributed by atoms with Gasteiger partial charge in [-0.2, -0.15) is 5.10 Å². The highest BCUT2D eigenvalue weighted by Crippen LogP contribution is 2.11. The summed E-state index contributed by atoms with van der Waals surface area (Å²) in [6.45, 7) is 5.25. The summed E-state index contributed by atoms with van der Waals surface area (Å²) in [4.78, 5) is 22.0. The van der Waals surface area contributed by atoms with E-state index < -0.39 is 17.8 Å². The molecule has 0 aliphatic rings. The first-order valence-corrected chi connectivity index (χ1v) is 4.99. The van der Waals surface area contributed by atoms with Crippen molar-refractivity contribution < 1.29 is 14.7 Å². The molecule has 1 rings (SSSR count). The molecule has 0 fully saturated rings. The molecular formula is C10H15N3O3. The van der Waals surface area contributed by atoms with Crippen LogP contribution in [0.15, 0.2) is 12.4 Å². The number of amides is 1. The van der Waals surface area contributed by atoms with Gasteiger partial charge in [-0.1, -0.05) is 0 Å².